The van der Waals surface area contributed by atoms with E-state index in [0.717, 1.165) is 22.3 Å². The lowest BCUT2D eigenvalue weighted by atomic mass is 9.88. The smallest absolute Gasteiger partial charge is 0.303 e. The number of ether oxygens (including phenoxy) is 5. The Morgan fingerprint density at radius 1 is 0.825 bits per heavy atom. The third-order valence-corrected chi connectivity index (χ3v) is 7.11. The van der Waals surface area contributed by atoms with Gasteiger partial charge in [0.1, 0.15) is 5.75 Å². The number of nitrogens with zero attached hydrogens (tertiary/aromatic N) is 1. The van der Waals surface area contributed by atoms with Crippen LogP contribution in [0, 0.1) is 0 Å². The second-order valence-corrected chi connectivity index (χ2v) is 9.48. The molecule has 0 radical (unpaired) electrons. The summed E-state index contributed by atoms with van der Waals surface area (Å²) in [6.07, 6.45) is 1.72. The molecule has 1 N–H and O–H groups in total. The lowest BCUT2D eigenvalue weighted by Gasteiger charge is -2.38. The van der Waals surface area contributed by atoms with Gasteiger partial charge in [-0.3, -0.25) is 9.59 Å². The summed E-state index contributed by atoms with van der Waals surface area (Å²) < 4.78 is 27.9. The highest BCUT2D eigenvalue weighted by atomic mass is 16.5. The molecule has 9 nitrogen and oxygen atoms in total. The molecule has 0 fully saturated rings. The molecule has 3 aromatic carbocycles. The zero-order chi connectivity index (χ0) is 28.6. The molecule has 212 valence electrons. The lowest BCUT2D eigenvalue weighted by Crippen LogP contribution is -2.43. The van der Waals surface area contributed by atoms with Gasteiger partial charge in [-0.15, -0.1) is 0 Å². The van der Waals surface area contributed by atoms with E-state index in [2.05, 4.69) is 0 Å². The normalized spacial score (nSPS) is 14.2. The highest BCUT2D eigenvalue weighted by Gasteiger charge is 2.32. The van der Waals surface area contributed by atoms with Crippen LogP contribution in [0.3, 0.4) is 0 Å². The maximum absolute atomic E-state index is 13.6. The molecule has 0 bridgehead atoms. The molecule has 0 aliphatic carbocycles. The Morgan fingerprint density at radius 2 is 1.45 bits per heavy atom. The summed E-state index contributed by atoms with van der Waals surface area (Å²) in [5.74, 6) is 2.09. The van der Waals surface area contributed by atoms with E-state index in [0.29, 0.717) is 54.6 Å². The summed E-state index contributed by atoms with van der Waals surface area (Å²) in [5.41, 5.74) is 3.98. The highest BCUT2D eigenvalue weighted by Crippen LogP contribution is 2.40. The van der Waals surface area contributed by atoms with E-state index in [1.165, 1.54) is 0 Å². The van der Waals surface area contributed by atoms with Crippen LogP contribution in [-0.4, -0.2) is 63.5 Å². The molecule has 0 aromatic heterocycles. The Labute approximate surface area is 234 Å². The molecule has 1 unspecified atom stereocenters. The first-order valence-corrected chi connectivity index (χ1v) is 13.1. The summed E-state index contributed by atoms with van der Waals surface area (Å²) in [7, 11) is 6.40. The van der Waals surface area contributed by atoms with E-state index < -0.39 is 5.97 Å². The van der Waals surface area contributed by atoms with E-state index in [-0.39, 0.29) is 25.0 Å². The van der Waals surface area contributed by atoms with Gasteiger partial charge in [0.25, 0.3) is 5.91 Å². The number of rotatable bonds is 12. The predicted octanol–water partition coefficient (Wildman–Crippen LogP) is 4.49. The molecule has 1 heterocycles. The average molecular weight is 550 g/mol. The van der Waals surface area contributed by atoms with E-state index >= 15 is 0 Å². The van der Waals surface area contributed by atoms with Crippen molar-refractivity contribution in [1.29, 1.82) is 0 Å². The standard InChI is InChI=1S/C31H35NO8/c1-36-26-11-7-21(16-27(26)37-2)15-25-24-18-29(39-4)28(38-3)17-22(24)13-14-32(25)30(33)19-40-23-9-5-20(6-10-23)8-12-31(34)35/h5-7,9-11,16-18,25H,8,12-15,19H2,1-4H3,(H,34,35). The number of hydrogen-bond donors (Lipinski definition) is 1. The van der Waals surface area contributed by atoms with Crippen LogP contribution in [0.5, 0.6) is 28.7 Å². The number of methoxy groups -OCH3 is 4. The third kappa shape index (κ3) is 6.59. The molecule has 1 atom stereocenters. The molecule has 0 saturated heterocycles. The zero-order valence-corrected chi connectivity index (χ0v) is 23.3. The molecule has 3 aromatic rings. The van der Waals surface area contributed by atoms with Gasteiger partial charge in [0, 0.05) is 13.0 Å². The number of carbonyl (C=O) groups excluding carboxylic acids is 1. The van der Waals surface area contributed by atoms with Crippen LogP contribution in [0.15, 0.2) is 54.6 Å². The van der Waals surface area contributed by atoms with Gasteiger partial charge in [-0.2, -0.15) is 0 Å². The fourth-order valence-corrected chi connectivity index (χ4v) is 5.01. The van der Waals surface area contributed by atoms with Crippen molar-refractivity contribution >= 4 is 11.9 Å². The summed E-state index contributed by atoms with van der Waals surface area (Å²) in [6.45, 7) is 0.399. The minimum atomic E-state index is -0.840. The van der Waals surface area contributed by atoms with Gasteiger partial charge in [0.15, 0.2) is 29.6 Å². The number of aryl methyl sites for hydroxylation is 1. The largest absolute Gasteiger partial charge is 0.493 e. The molecular weight excluding hydrogens is 514 g/mol. The molecule has 4 rings (SSSR count). The second-order valence-electron chi connectivity index (χ2n) is 9.48. The monoisotopic (exact) mass is 549 g/mol. The maximum Gasteiger partial charge on any atom is 0.303 e. The van der Waals surface area contributed by atoms with Gasteiger partial charge < -0.3 is 33.7 Å². The number of hydrogen-bond acceptors (Lipinski definition) is 7. The van der Waals surface area contributed by atoms with Crippen LogP contribution in [0.2, 0.25) is 0 Å². The molecule has 1 aliphatic heterocycles. The number of aliphatic carboxylic acids is 1. The molecule has 40 heavy (non-hydrogen) atoms. The highest BCUT2D eigenvalue weighted by molar-refractivity contribution is 5.79. The molecule has 1 aliphatic rings. The number of amides is 1. The van der Waals surface area contributed by atoms with Crippen molar-refractivity contribution in [1.82, 2.24) is 4.90 Å². The van der Waals surface area contributed by atoms with Crippen molar-refractivity contribution in [3.63, 3.8) is 0 Å². The maximum atomic E-state index is 13.6. The molecule has 0 saturated carbocycles. The molecule has 0 spiro atoms. The Hall–Kier alpha value is -4.40. The average Bonchev–Trinajstić information content (AvgIpc) is 2.98. The Bertz CT molecular complexity index is 1340. The van der Waals surface area contributed by atoms with Crippen molar-refractivity contribution < 1.29 is 38.4 Å². The summed E-state index contributed by atoms with van der Waals surface area (Å²) in [4.78, 5) is 26.2. The van der Waals surface area contributed by atoms with Crippen LogP contribution in [0.4, 0.5) is 0 Å². The van der Waals surface area contributed by atoms with Crippen LogP contribution < -0.4 is 23.7 Å². The van der Waals surface area contributed by atoms with Crippen LogP contribution in [-0.2, 0) is 28.9 Å². The van der Waals surface area contributed by atoms with E-state index in [1.807, 2.05) is 47.4 Å². The van der Waals surface area contributed by atoms with Gasteiger partial charge in [-0.05, 0) is 77.9 Å². The first-order valence-electron chi connectivity index (χ1n) is 13.1. The van der Waals surface area contributed by atoms with E-state index in [1.54, 1.807) is 40.6 Å². The minimum Gasteiger partial charge on any atom is -0.493 e. The Balaban J connectivity index is 1.57. The molecule has 1 amide bonds. The van der Waals surface area contributed by atoms with Crippen molar-refractivity contribution in [2.45, 2.75) is 31.7 Å². The van der Waals surface area contributed by atoms with Gasteiger partial charge in [0.05, 0.1) is 34.5 Å². The first-order chi connectivity index (χ1) is 19.4. The van der Waals surface area contributed by atoms with E-state index in [4.69, 9.17) is 28.8 Å². The minimum absolute atomic E-state index is 0.0627. The predicted molar refractivity (Wildman–Crippen MR) is 149 cm³/mol. The topological polar surface area (TPSA) is 104 Å². The van der Waals surface area contributed by atoms with Gasteiger partial charge in [0.2, 0.25) is 0 Å². The Morgan fingerprint density at radius 3 is 2.10 bits per heavy atom. The summed E-state index contributed by atoms with van der Waals surface area (Å²) >= 11 is 0. The number of carbonyl (C=O) groups is 2. The van der Waals surface area contributed by atoms with Crippen molar-refractivity contribution in [3.8, 4) is 28.7 Å². The summed E-state index contributed by atoms with van der Waals surface area (Å²) in [6, 6.07) is 16.6. The zero-order valence-electron chi connectivity index (χ0n) is 23.3. The number of carboxylic acid groups (broad SMARTS) is 1. The second kappa shape index (κ2) is 13.1. The third-order valence-electron chi connectivity index (χ3n) is 7.11. The van der Waals surface area contributed by atoms with E-state index in [9.17, 15) is 9.59 Å². The fourth-order valence-electron chi connectivity index (χ4n) is 5.01. The number of fused-ring (bicyclic) bond motifs is 1. The lowest BCUT2D eigenvalue weighted by molar-refractivity contribution is -0.137. The summed E-state index contributed by atoms with van der Waals surface area (Å²) in [5, 5.41) is 8.89. The van der Waals surface area contributed by atoms with Gasteiger partial charge in [-0.1, -0.05) is 18.2 Å². The van der Waals surface area contributed by atoms with Crippen molar-refractivity contribution in [2.75, 3.05) is 41.6 Å². The SMILES string of the molecule is COc1ccc(CC2c3cc(OC)c(OC)cc3CCN2C(=O)COc2ccc(CCC(=O)O)cc2)cc1OC. The van der Waals surface area contributed by atoms with Crippen molar-refractivity contribution in [3.05, 3.63) is 76.9 Å². The first kappa shape index (κ1) is 28.6. The number of carboxylic acids is 1. The van der Waals surface area contributed by atoms with Gasteiger partial charge in [-0.25, -0.2) is 0 Å². The Kier molecular flexibility index (Phi) is 9.37. The van der Waals surface area contributed by atoms with Crippen LogP contribution in [0.25, 0.3) is 0 Å². The fraction of sp³-hybridized carbons (Fsp3) is 0.355. The quantitative estimate of drug-likeness (QED) is 0.353. The van der Waals surface area contributed by atoms with Crippen LogP contribution >= 0.6 is 0 Å². The molecular formula is C31H35NO8. The molecule has 9 heteroatoms. The van der Waals surface area contributed by atoms with Crippen molar-refractivity contribution in [2.24, 2.45) is 0 Å². The number of benzene rings is 3. The van der Waals surface area contributed by atoms with Crippen LogP contribution in [0.1, 0.15) is 34.7 Å². The van der Waals surface area contributed by atoms with Gasteiger partial charge >= 0.3 is 5.97 Å².